The van der Waals surface area contributed by atoms with Crippen LogP contribution in [0.1, 0.15) is 34.1 Å². The SMILES string of the molecule is CC(=O)C(Br)CCN1C(=O)c2ccccc2C1=O. The molecule has 0 radical (unpaired) electrons. The predicted octanol–water partition coefficient (Wildman–Crippen LogP) is 2.03. The molecule has 0 bridgehead atoms. The minimum absolute atomic E-state index is 0.00777. The molecule has 0 N–H and O–H groups in total. The summed E-state index contributed by atoms with van der Waals surface area (Å²) in [6, 6.07) is 6.76. The number of rotatable bonds is 4. The van der Waals surface area contributed by atoms with E-state index in [4.69, 9.17) is 0 Å². The van der Waals surface area contributed by atoms with E-state index < -0.39 is 0 Å². The lowest BCUT2D eigenvalue weighted by Gasteiger charge is -2.14. The van der Waals surface area contributed by atoms with Crippen molar-refractivity contribution in [2.45, 2.75) is 18.2 Å². The molecule has 0 saturated carbocycles. The molecule has 0 fully saturated rings. The zero-order valence-electron chi connectivity index (χ0n) is 9.85. The second-order valence-corrected chi connectivity index (χ2v) is 5.28. The fourth-order valence-corrected chi connectivity index (χ4v) is 2.09. The summed E-state index contributed by atoms with van der Waals surface area (Å²) >= 11 is 3.23. The van der Waals surface area contributed by atoms with Crippen molar-refractivity contribution in [2.24, 2.45) is 0 Å². The van der Waals surface area contributed by atoms with Crippen molar-refractivity contribution in [3.8, 4) is 0 Å². The van der Waals surface area contributed by atoms with Gasteiger partial charge in [0.15, 0.2) is 0 Å². The quantitative estimate of drug-likeness (QED) is 0.631. The molecule has 18 heavy (non-hydrogen) atoms. The highest BCUT2D eigenvalue weighted by atomic mass is 79.9. The highest BCUT2D eigenvalue weighted by Gasteiger charge is 2.35. The number of hydrogen-bond acceptors (Lipinski definition) is 3. The molecular formula is C13H12BrNO3. The van der Waals surface area contributed by atoms with Crippen molar-refractivity contribution in [1.82, 2.24) is 4.90 Å². The topological polar surface area (TPSA) is 54.5 Å². The van der Waals surface area contributed by atoms with Crippen molar-refractivity contribution in [3.05, 3.63) is 35.4 Å². The number of hydrogen-bond donors (Lipinski definition) is 0. The Morgan fingerprint density at radius 1 is 1.22 bits per heavy atom. The van der Waals surface area contributed by atoms with Crippen molar-refractivity contribution in [2.75, 3.05) is 6.54 Å². The smallest absolute Gasteiger partial charge is 0.261 e. The van der Waals surface area contributed by atoms with Crippen LogP contribution in [-0.2, 0) is 4.79 Å². The predicted molar refractivity (Wildman–Crippen MR) is 69.8 cm³/mol. The van der Waals surface area contributed by atoms with Crippen molar-refractivity contribution in [1.29, 1.82) is 0 Å². The Kier molecular flexibility index (Phi) is 3.61. The van der Waals surface area contributed by atoms with Gasteiger partial charge in [-0.2, -0.15) is 0 Å². The molecule has 0 spiro atoms. The van der Waals surface area contributed by atoms with Crippen LogP contribution < -0.4 is 0 Å². The van der Waals surface area contributed by atoms with Crippen LogP contribution in [0.3, 0.4) is 0 Å². The van der Waals surface area contributed by atoms with Crippen molar-refractivity contribution in [3.63, 3.8) is 0 Å². The summed E-state index contributed by atoms with van der Waals surface area (Å²) in [5.41, 5.74) is 0.882. The van der Waals surface area contributed by atoms with Crippen molar-refractivity contribution >= 4 is 33.5 Å². The molecule has 0 aliphatic carbocycles. The maximum Gasteiger partial charge on any atom is 0.261 e. The summed E-state index contributed by atoms with van der Waals surface area (Å²) in [4.78, 5) is 36.0. The number of benzene rings is 1. The van der Waals surface area contributed by atoms with Gasteiger partial charge in [-0.3, -0.25) is 19.3 Å². The second-order valence-electron chi connectivity index (χ2n) is 4.17. The first-order valence-corrected chi connectivity index (χ1v) is 6.53. The Bertz CT molecular complexity index is 492. The largest absolute Gasteiger partial charge is 0.299 e. The maximum absolute atomic E-state index is 12.0. The molecule has 2 amide bonds. The maximum atomic E-state index is 12.0. The molecule has 5 heteroatoms. The second kappa shape index (κ2) is 5.02. The van der Waals surface area contributed by atoms with Crippen LogP contribution in [0, 0.1) is 0 Å². The van der Waals surface area contributed by atoms with Crippen LogP contribution >= 0.6 is 15.9 Å². The van der Waals surface area contributed by atoms with E-state index in [1.54, 1.807) is 24.3 Å². The summed E-state index contributed by atoms with van der Waals surface area (Å²) in [5.74, 6) is -0.565. The lowest BCUT2D eigenvalue weighted by molar-refractivity contribution is -0.116. The Morgan fingerprint density at radius 3 is 2.17 bits per heavy atom. The van der Waals surface area contributed by atoms with Crippen LogP contribution in [0.4, 0.5) is 0 Å². The average molecular weight is 310 g/mol. The zero-order valence-corrected chi connectivity index (χ0v) is 11.4. The molecular weight excluding hydrogens is 298 g/mol. The van der Waals surface area contributed by atoms with Gasteiger partial charge in [-0.25, -0.2) is 0 Å². The number of imide groups is 1. The van der Waals surface area contributed by atoms with Crippen LogP contribution in [0.25, 0.3) is 0 Å². The highest BCUT2D eigenvalue weighted by molar-refractivity contribution is 9.10. The van der Waals surface area contributed by atoms with E-state index in [1.165, 1.54) is 11.8 Å². The average Bonchev–Trinajstić information content (AvgIpc) is 2.60. The number of ketones is 1. The number of nitrogens with zero attached hydrogens (tertiary/aromatic N) is 1. The number of alkyl halides is 1. The summed E-state index contributed by atoms with van der Waals surface area (Å²) in [6.45, 7) is 1.73. The molecule has 1 atom stereocenters. The molecule has 1 aliphatic heterocycles. The first-order chi connectivity index (χ1) is 8.52. The van der Waals surface area contributed by atoms with E-state index in [9.17, 15) is 14.4 Å². The fraction of sp³-hybridized carbons (Fsp3) is 0.308. The minimum Gasteiger partial charge on any atom is -0.299 e. The fourth-order valence-electron chi connectivity index (χ4n) is 1.89. The summed E-state index contributed by atoms with van der Waals surface area (Å²) in [5, 5.41) is 0. The molecule has 2 rings (SSSR count). The van der Waals surface area contributed by atoms with Gasteiger partial charge in [-0.1, -0.05) is 28.1 Å². The third-order valence-electron chi connectivity index (χ3n) is 2.93. The molecule has 1 aromatic rings. The molecule has 1 heterocycles. The first-order valence-electron chi connectivity index (χ1n) is 5.62. The highest BCUT2D eigenvalue weighted by Crippen LogP contribution is 2.23. The first kappa shape index (κ1) is 13.0. The Hall–Kier alpha value is -1.49. The van der Waals surface area contributed by atoms with E-state index in [1.807, 2.05) is 0 Å². The normalized spacial score (nSPS) is 15.8. The summed E-state index contributed by atoms with van der Waals surface area (Å²) in [7, 11) is 0. The van der Waals surface area contributed by atoms with Gasteiger partial charge in [0, 0.05) is 6.54 Å². The number of fused-ring (bicyclic) bond motifs is 1. The molecule has 0 saturated heterocycles. The van der Waals surface area contributed by atoms with Crippen molar-refractivity contribution < 1.29 is 14.4 Å². The van der Waals surface area contributed by atoms with E-state index >= 15 is 0 Å². The van der Waals surface area contributed by atoms with E-state index in [0.29, 0.717) is 17.5 Å². The Morgan fingerprint density at radius 2 is 1.72 bits per heavy atom. The molecule has 4 nitrogen and oxygen atoms in total. The van der Waals surface area contributed by atoms with Gasteiger partial charge in [0.25, 0.3) is 11.8 Å². The number of Topliss-reactive ketones (excluding diaryl/α,β-unsaturated/α-hetero) is 1. The van der Waals surface area contributed by atoms with Gasteiger partial charge in [0.2, 0.25) is 0 Å². The molecule has 0 aromatic heterocycles. The van der Waals surface area contributed by atoms with Gasteiger partial charge in [0.05, 0.1) is 16.0 Å². The third-order valence-corrected chi connectivity index (χ3v) is 4.03. The van der Waals surface area contributed by atoms with E-state index in [2.05, 4.69) is 15.9 Å². The molecule has 1 aliphatic rings. The van der Waals surface area contributed by atoms with Gasteiger partial charge in [-0.15, -0.1) is 0 Å². The lowest BCUT2D eigenvalue weighted by Crippen LogP contribution is -2.32. The molecule has 1 aromatic carbocycles. The molecule has 1 unspecified atom stereocenters. The number of halogens is 1. The Balaban J connectivity index is 2.12. The van der Waals surface area contributed by atoms with Crippen LogP contribution in [0.5, 0.6) is 0 Å². The number of amides is 2. The minimum atomic E-state index is -0.318. The lowest BCUT2D eigenvalue weighted by atomic mass is 10.1. The molecule has 94 valence electrons. The van der Waals surface area contributed by atoms with Gasteiger partial charge < -0.3 is 0 Å². The monoisotopic (exact) mass is 309 g/mol. The van der Waals surface area contributed by atoms with E-state index in [0.717, 1.165) is 0 Å². The van der Waals surface area contributed by atoms with Gasteiger partial charge >= 0.3 is 0 Å². The van der Waals surface area contributed by atoms with Crippen LogP contribution in [0.15, 0.2) is 24.3 Å². The van der Waals surface area contributed by atoms with Gasteiger partial charge in [-0.05, 0) is 25.5 Å². The third kappa shape index (κ3) is 2.22. The zero-order chi connectivity index (χ0) is 13.3. The van der Waals surface area contributed by atoms with Gasteiger partial charge in [0.1, 0.15) is 5.78 Å². The number of carbonyl (C=O) groups excluding carboxylic acids is 3. The summed E-state index contributed by atoms with van der Waals surface area (Å²) in [6.07, 6.45) is 0.431. The van der Waals surface area contributed by atoms with E-state index in [-0.39, 0.29) is 29.0 Å². The van der Waals surface area contributed by atoms with Crippen LogP contribution in [-0.4, -0.2) is 33.9 Å². The Labute approximate surface area is 113 Å². The van der Waals surface area contributed by atoms with Crippen LogP contribution in [0.2, 0.25) is 0 Å². The number of carbonyl (C=O) groups is 3. The standard InChI is InChI=1S/C13H12BrNO3/c1-8(16)11(14)6-7-15-12(17)9-4-2-3-5-10(9)13(15)18/h2-5,11H,6-7H2,1H3. The summed E-state index contributed by atoms with van der Waals surface area (Å²) < 4.78 is 0.